The number of benzene rings is 2. The Kier molecular flexibility index (Phi) is 9.72. The van der Waals surface area contributed by atoms with E-state index in [-0.39, 0.29) is 18.5 Å². The van der Waals surface area contributed by atoms with E-state index in [0.717, 1.165) is 11.1 Å². The van der Waals surface area contributed by atoms with Crippen molar-refractivity contribution >= 4 is 35.2 Å². The lowest BCUT2D eigenvalue weighted by Crippen LogP contribution is -2.50. The van der Waals surface area contributed by atoms with Gasteiger partial charge in [0.05, 0.1) is 10.7 Å². The molecule has 0 saturated heterocycles. The molecule has 0 aliphatic carbocycles. The Labute approximate surface area is 213 Å². The molecule has 0 saturated carbocycles. The fourth-order valence-electron chi connectivity index (χ4n) is 3.69. The number of rotatable bonds is 8. The van der Waals surface area contributed by atoms with Crippen LogP contribution < -0.4 is 10.6 Å². The largest absolute Gasteiger partial charge is 0.444 e. The third-order valence-corrected chi connectivity index (χ3v) is 5.93. The predicted molar refractivity (Wildman–Crippen MR) is 140 cm³/mol. The standard InChI is InChI=1S/C27H36ClN3O4/c1-8-19(4)31(22(32)16-29-26(34)35-27(5,6)7)24(20-14-10-9-12-17(20)2)25(33)30-23-18(3)13-11-15-21(23)28/h9-15,19,24H,8,16H2,1-7H3,(H,29,34)(H,30,33). The van der Waals surface area contributed by atoms with Gasteiger partial charge in [-0.15, -0.1) is 0 Å². The number of alkyl carbamates (subject to hydrolysis) is 1. The molecule has 3 amide bonds. The SMILES string of the molecule is CCC(C)N(C(=O)CNC(=O)OC(C)(C)C)C(C(=O)Nc1c(C)cccc1Cl)c1ccccc1C. The minimum Gasteiger partial charge on any atom is -0.444 e. The van der Waals surface area contributed by atoms with Crippen LogP contribution in [0.15, 0.2) is 42.5 Å². The molecular formula is C27H36ClN3O4. The van der Waals surface area contributed by atoms with Crippen molar-refractivity contribution in [1.82, 2.24) is 10.2 Å². The Morgan fingerprint density at radius 3 is 2.23 bits per heavy atom. The van der Waals surface area contributed by atoms with Gasteiger partial charge in [-0.05, 0) is 70.7 Å². The first-order valence-electron chi connectivity index (χ1n) is 11.7. The van der Waals surface area contributed by atoms with Gasteiger partial charge in [0.2, 0.25) is 5.91 Å². The second-order valence-corrected chi connectivity index (χ2v) is 10.0. The second kappa shape index (κ2) is 12.1. The van der Waals surface area contributed by atoms with Crippen molar-refractivity contribution in [2.24, 2.45) is 0 Å². The summed E-state index contributed by atoms with van der Waals surface area (Å²) in [6, 6.07) is 11.6. The van der Waals surface area contributed by atoms with E-state index >= 15 is 0 Å². The summed E-state index contributed by atoms with van der Waals surface area (Å²) >= 11 is 6.37. The number of aryl methyl sites for hydroxylation is 2. The van der Waals surface area contributed by atoms with Gasteiger partial charge >= 0.3 is 6.09 Å². The van der Waals surface area contributed by atoms with Crippen LogP contribution in [-0.4, -0.2) is 41.0 Å². The Bertz CT molecular complexity index is 1040. The van der Waals surface area contributed by atoms with Crippen LogP contribution in [0, 0.1) is 13.8 Å². The van der Waals surface area contributed by atoms with Crippen molar-refractivity contribution in [2.45, 2.75) is 72.6 Å². The highest BCUT2D eigenvalue weighted by Crippen LogP contribution is 2.31. The van der Waals surface area contributed by atoms with Crippen LogP contribution in [0.2, 0.25) is 5.02 Å². The van der Waals surface area contributed by atoms with Crippen molar-refractivity contribution in [3.63, 3.8) is 0 Å². The number of hydrogen-bond acceptors (Lipinski definition) is 4. The van der Waals surface area contributed by atoms with Gasteiger partial charge in [0.1, 0.15) is 18.2 Å². The Morgan fingerprint density at radius 1 is 1.03 bits per heavy atom. The van der Waals surface area contributed by atoms with Gasteiger partial charge in [0.15, 0.2) is 0 Å². The lowest BCUT2D eigenvalue weighted by molar-refractivity contribution is -0.140. The molecule has 0 bridgehead atoms. The molecule has 35 heavy (non-hydrogen) atoms. The molecule has 8 heteroatoms. The van der Waals surface area contributed by atoms with Gasteiger partial charge in [0.25, 0.3) is 5.91 Å². The number of anilines is 1. The fourth-order valence-corrected chi connectivity index (χ4v) is 3.96. The molecule has 0 spiro atoms. The van der Waals surface area contributed by atoms with Gasteiger partial charge in [-0.25, -0.2) is 4.79 Å². The van der Waals surface area contributed by atoms with E-state index in [1.807, 2.05) is 64.1 Å². The Balaban J connectivity index is 2.45. The van der Waals surface area contributed by atoms with Gasteiger partial charge in [-0.1, -0.05) is 54.9 Å². The van der Waals surface area contributed by atoms with Gasteiger partial charge in [-0.2, -0.15) is 0 Å². The lowest BCUT2D eigenvalue weighted by Gasteiger charge is -2.36. The van der Waals surface area contributed by atoms with E-state index in [0.29, 0.717) is 22.7 Å². The van der Waals surface area contributed by atoms with Crippen LogP contribution in [0.1, 0.15) is 63.8 Å². The molecule has 2 aromatic rings. The normalized spacial score (nSPS) is 12.9. The fraction of sp³-hybridized carbons (Fsp3) is 0.444. The summed E-state index contributed by atoms with van der Waals surface area (Å²) in [6.07, 6.45) is -0.0857. The number of amides is 3. The minimum atomic E-state index is -0.935. The third kappa shape index (κ3) is 7.72. The molecule has 2 atom stereocenters. The van der Waals surface area contributed by atoms with E-state index in [2.05, 4.69) is 10.6 Å². The number of halogens is 1. The zero-order chi connectivity index (χ0) is 26.3. The molecule has 0 aliphatic rings. The summed E-state index contributed by atoms with van der Waals surface area (Å²) in [5.41, 5.74) is 2.17. The average Bonchev–Trinajstić information content (AvgIpc) is 2.77. The maximum Gasteiger partial charge on any atom is 0.408 e. The van der Waals surface area contributed by atoms with Crippen LogP contribution in [0.4, 0.5) is 10.5 Å². The summed E-state index contributed by atoms with van der Waals surface area (Å²) in [7, 11) is 0. The number of carbonyl (C=O) groups is 3. The molecule has 7 nitrogen and oxygen atoms in total. The molecule has 0 aromatic heterocycles. The monoisotopic (exact) mass is 501 g/mol. The van der Waals surface area contributed by atoms with Crippen molar-refractivity contribution in [1.29, 1.82) is 0 Å². The third-order valence-electron chi connectivity index (χ3n) is 5.62. The maximum atomic E-state index is 13.8. The Morgan fingerprint density at radius 2 is 1.66 bits per heavy atom. The Hall–Kier alpha value is -3.06. The van der Waals surface area contributed by atoms with E-state index < -0.39 is 23.6 Å². The quantitative estimate of drug-likeness (QED) is 0.479. The molecule has 0 radical (unpaired) electrons. The van der Waals surface area contributed by atoms with Gasteiger partial charge in [-0.3, -0.25) is 9.59 Å². The molecule has 190 valence electrons. The van der Waals surface area contributed by atoms with Crippen LogP contribution in [-0.2, 0) is 14.3 Å². The highest BCUT2D eigenvalue weighted by Gasteiger charge is 2.35. The smallest absolute Gasteiger partial charge is 0.408 e. The number of ether oxygens (including phenoxy) is 1. The molecule has 0 aliphatic heterocycles. The molecule has 0 heterocycles. The topological polar surface area (TPSA) is 87.7 Å². The summed E-state index contributed by atoms with van der Waals surface area (Å²) < 4.78 is 5.26. The van der Waals surface area contributed by atoms with E-state index in [9.17, 15) is 14.4 Å². The summed E-state index contributed by atoms with van der Waals surface area (Å²) in [5.74, 6) is -0.786. The number of nitrogens with zero attached hydrogens (tertiary/aromatic N) is 1. The van der Waals surface area contributed by atoms with Crippen LogP contribution in [0.3, 0.4) is 0 Å². The van der Waals surface area contributed by atoms with Gasteiger partial charge in [0, 0.05) is 6.04 Å². The van der Waals surface area contributed by atoms with Crippen LogP contribution >= 0.6 is 11.6 Å². The molecule has 2 unspecified atom stereocenters. The first kappa shape index (κ1) is 28.2. The second-order valence-electron chi connectivity index (χ2n) is 9.59. The number of nitrogens with one attached hydrogen (secondary N) is 2. The lowest BCUT2D eigenvalue weighted by atomic mass is 9.96. The van der Waals surface area contributed by atoms with E-state index in [1.165, 1.54) is 4.90 Å². The summed E-state index contributed by atoms with van der Waals surface area (Å²) in [4.78, 5) is 41.0. The number of para-hydroxylation sites is 1. The zero-order valence-corrected chi connectivity index (χ0v) is 22.3. The average molecular weight is 502 g/mol. The van der Waals surface area contributed by atoms with Gasteiger partial charge < -0.3 is 20.3 Å². The molecular weight excluding hydrogens is 466 g/mol. The zero-order valence-electron chi connectivity index (χ0n) is 21.6. The minimum absolute atomic E-state index is 0.286. The van der Waals surface area contributed by atoms with Crippen molar-refractivity contribution in [3.8, 4) is 0 Å². The van der Waals surface area contributed by atoms with E-state index in [1.54, 1.807) is 26.8 Å². The van der Waals surface area contributed by atoms with Crippen molar-refractivity contribution < 1.29 is 19.1 Å². The van der Waals surface area contributed by atoms with Crippen molar-refractivity contribution in [3.05, 3.63) is 64.2 Å². The molecule has 2 rings (SSSR count). The molecule has 0 fully saturated rings. The molecule has 2 aromatic carbocycles. The van der Waals surface area contributed by atoms with Crippen LogP contribution in [0.5, 0.6) is 0 Å². The van der Waals surface area contributed by atoms with Crippen LogP contribution in [0.25, 0.3) is 0 Å². The molecule has 2 N–H and O–H groups in total. The first-order chi connectivity index (χ1) is 16.4. The maximum absolute atomic E-state index is 13.8. The van der Waals surface area contributed by atoms with E-state index in [4.69, 9.17) is 16.3 Å². The number of carbonyl (C=O) groups excluding carboxylic acids is 3. The predicted octanol–water partition coefficient (Wildman–Crippen LogP) is 5.79. The van der Waals surface area contributed by atoms with Crippen molar-refractivity contribution in [2.75, 3.05) is 11.9 Å². The summed E-state index contributed by atoms with van der Waals surface area (Å²) in [5, 5.41) is 5.87. The first-order valence-corrected chi connectivity index (χ1v) is 12.1. The highest BCUT2D eigenvalue weighted by atomic mass is 35.5. The summed E-state index contributed by atoms with van der Waals surface area (Å²) in [6.45, 7) is 12.5. The highest BCUT2D eigenvalue weighted by molar-refractivity contribution is 6.34. The number of hydrogen-bond donors (Lipinski definition) is 2.